The molecule has 5 nitrogen and oxygen atoms in total. The van der Waals surface area contributed by atoms with E-state index in [2.05, 4.69) is 34.3 Å². The summed E-state index contributed by atoms with van der Waals surface area (Å²) in [4.78, 5) is 11.1. The maximum atomic E-state index is 5.41. The van der Waals surface area contributed by atoms with Crippen LogP contribution >= 0.6 is 11.3 Å². The molecule has 0 aliphatic carbocycles. The zero-order chi connectivity index (χ0) is 15.6. The van der Waals surface area contributed by atoms with Crippen molar-refractivity contribution in [2.45, 2.75) is 19.8 Å². The SMILES string of the molecule is CCc1cc2c(NCCc3ccc4c(c3)OCO4)ncnc2s1. The molecule has 1 aliphatic heterocycles. The number of ether oxygens (including phenoxy) is 2. The van der Waals surface area contributed by atoms with Crippen molar-refractivity contribution in [1.29, 1.82) is 0 Å². The van der Waals surface area contributed by atoms with Gasteiger partial charge in [0.25, 0.3) is 0 Å². The first-order chi connectivity index (χ1) is 11.3. The Labute approximate surface area is 138 Å². The molecule has 0 amide bonds. The summed E-state index contributed by atoms with van der Waals surface area (Å²) in [6.07, 6.45) is 3.55. The maximum Gasteiger partial charge on any atom is 0.231 e. The van der Waals surface area contributed by atoms with Crippen molar-refractivity contribution in [2.75, 3.05) is 18.7 Å². The van der Waals surface area contributed by atoms with Crippen LogP contribution in [0.15, 0.2) is 30.6 Å². The molecule has 23 heavy (non-hydrogen) atoms. The molecule has 1 N–H and O–H groups in total. The van der Waals surface area contributed by atoms with Crippen LogP contribution in [-0.4, -0.2) is 23.3 Å². The Bertz CT molecular complexity index is 847. The van der Waals surface area contributed by atoms with E-state index >= 15 is 0 Å². The Kier molecular flexibility index (Phi) is 3.75. The second-order valence-corrected chi connectivity index (χ2v) is 6.49. The summed E-state index contributed by atoms with van der Waals surface area (Å²) in [5.41, 5.74) is 1.21. The van der Waals surface area contributed by atoms with Gasteiger partial charge in [-0.15, -0.1) is 11.3 Å². The van der Waals surface area contributed by atoms with Gasteiger partial charge in [-0.25, -0.2) is 9.97 Å². The number of hydrogen-bond acceptors (Lipinski definition) is 6. The highest BCUT2D eigenvalue weighted by atomic mass is 32.1. The van der Waals surface area contributed by atoms with Crippen LogP contribution in [0.25, 0.3) is 10.2 Å². The minimum Gasteiger partial charge on any atom is -0.454 e. The Morgan fingerprint density at radius 3 is 3.00 bits per heavy atom. The average Bonchev–Trinajstić information content (AvgIpc) is 3.20. The van der Waals surface area contributed by atoms with Crippen molar-refractivity contribution < 1.29 is 9.47 Å². The molecule has 2 aromatic heterocycles. The molecule has 118 valence electrons. The Morgan fingerprint density at radius 1 is 1.17 bits per heavy atom. The summed E-state index contributed by atoms with van der Waals surface area (Å²) in [5, 5.41) is 4.54. The van der Waals surface area contributed by atoms with E-state index in [-0.39, 0.29) is 0 Å². The van der Waals surface area contributed by atoms with E-state index in [0.717, 1.165) is 46.9 Å². The van der Waals surface area contributed by atoms with E-state index < -0.39 is 0 Å². The van der Waals surface area contributed by atoms with Crippen LogP contribution in [0, 0.1) is 0 Å². The number of nitrogens with zero attached hydrogens (tertiary/aromatic N) is 2. The lowest BCUT2D eigenvalue weighted by atomic mass is 10.1. The lowest BCUT2D eigenvalue weighted by Crippen LogP contribution is -2.06. The summed E-state index contributed by atoms with van der Waals surface area (Å²) in [7, 11) is 0. The molecule has 4 rings (SSSR count). The lowest BCUT2D eigenvalue weighted by Gasteiger charge is -2.07. The number of rotatable bonds is 5. The van der Waals surface area contributed by atoms with E-state index in [1.807, 2.05) is 12.1 Å². The fourth-order valence-electron chi connectivity index (χ4n) is 2.64. The Balaban J connectivity index is 1.46. The summed E-state index contributed by atoms with van der Waals surface area (Å²) >= 11 is 1.73. The van der Waals surface area contributed by atoms with E-state index in [4.69, 9.17) is 9.47 Å². The number of hydrogen-bond donors (Lipinski definition) is 1. The largest absolute Gasteiger partial charge is 0.454 e. The van der Waals surface area contributed by atoms with Gasteiger partial charge in [-0.3, -0.25) is 0 Å². The van der Waals surface area contributed by atoms with Gasteiger partial charge >= 0.3 is 0 Å². The van der Waals surface area contributed by atoms with Gasteiger partial charge in [0.15, 0.2) is 11.5 Å². The van der Waals surface area contributed by atoms with Gasteiger partial charge in [-0.1, -0.05) is 13.0 Å². The number of aromatic nitrogens is 2. The van der Waals surface area contributed by atoms with Gasteiger partial charge < -0.3 is 14.8 Å². The molecule has 6 heteroatoms. The van der Waals surface area contributed by atoms with E-state index in [1.165, 1.54) is 10.4 Å². The molecule has 0 saturated heterocycles. The topological polar surface area (TPSA) is 56.3 Å². The van der Waals surface area contributed by atoms with Gasteiger partial charge in [0, 0.05) is 11.4 Å². The van der Waals surface area contributed by atoms with Crippen LogP contribution in [0.2, 0.25) is 0 Å². The molecule has 0 atom stereocenters. The Morgan fingerprint density at radius 2 is 2.09 bits per heavy atom. The highest BCUT2D eigenvalue weighted by Gasteiger charge is 2.13. The van der Waals surface area contributed by atoms with Gasteiger partial charge in [0.2, 0.25) is 6.79 Å². The van der Waals surface area contributed by atoms with Crippen LogP contribution in [-0.2, 0) is 12.8 Å². The van der Waals surface area contributed by atoms with Crippen molar-refractivity contribution in [3.8, 4) is 11.5 Å². The fraction of sp³-hybridized carbons (Fsp3) is 0.294. The molecular formula is C17H17N3O2S. The van der Waals surface area contributed by atoms with Crippen molar-refractivity contribution in [3.63, 3.8) is 0 Å². The van der Waals surface area contributed by atoms with Crippen LogP contribution in [0.5, 0.6) is 11.5 Å². The molecular weight excluding hydrogens is 310 g/mol. The molecule has 0 spiro atoms. The average molecular weight is 327 g/mol. The third-order valence-corrected chi connectivity index (χ3v) is 5.06. The molecule has 3 aromatic rings. The third-order valence-electron chi connectivity index (χ3n) is 3.87. The standard InChI is InChI=1S/C17H17N3O2S/c1-2-12-8-13-16(19-9-20-17(13)23-12)18-6-5-11-3-4-14-15(7-11)22-10-21-14/h3-4,7-9H,2,5-6,10H2,1H3,(H,18,19,20). The molecule has 0 bridgehead atoms. The van der Waals surface area contributed by atoms with Crippen molar-refractivity contribution >= 4 is 27.4 Å². The van der Waals surface area contributed by atoms with Crippen molar-refractivity contribution in [2.24, 2.45) is 0 Å². The van der Waals surface area contributed by atoms with Crippen LogP contribution in [0.4, 0.5) is 5.82 Å². The minimum atomic E-state index is 0.313. The quantitative estimate of drug-likeness (QED) is 0.775. The van der Waals surface area contributed by atoms with Crippen molar-refractivity contribution in [1.82, 2.24) is 9.97 Å². The second-order valence-electron chi connectivity index (χ2n) is 5.37. The van der Waals surface area contributed by atoms with E-state index in [9.17, 15) is 0 Å². The zero-order valence-electron chi connectivity index (χ0n) is 12.8. The van der Waals surface area contributed by atoms with E-state index in [0.29, 0.717) is 6.79 Å². The number of anilines is 1. The molecule has 0 fully saturated rings. The molecule has 1 aromatic carbocycles. The molecule has 3 heterocycles. The van der Waals surface area contributed by atoms with E-state index in [1.54, 1.807) is 17.7 Å². The van der Waals surface area contributed by atoms with Gasteiger partial charge in [0.05, 0.1) is 5.39 Å². The number of thiophene rings is 1. The smallest absolute Gasteiger partial charge is 0.231 e. The van der Waals surface area contributed by atoms with Crippen LogP contribution in [0.3, 0.4) is 0 Å². The summed E-state index contributed by atoms with van der Waals surface area (Å²) in [5.74, 6) is 2.56. The summed E-state index contributed by atoms with van der Waals surface area (Å²) in [6.45, 7) is 3.28. The van der Waals surface area contributed by atoms with Gasteiger partial charge in [0.1, 0.15) is 17.0 Å². The number of fused-ring (bicyclic) bond motifs is 2. The first-order valence-corrected chi connectivity index (χ1v) is 8.51. The summed E-state index contributed by atoms with van der Waals surface area (Å²) in [6, 6.07) is 8.26. The number of benzene rings is 1. The Hall–Kier alpha value is -2.34. The summed E-state index contributed by atoms with van der Waals surface area (Å²) < 4.78 is 10.7. The molecule has 0 radical (unpaired) electrons. The number of aryl methyl sites for hydroxylation is 1. The lowest BCUT2D eigenvalue weighted by molar-refractivity contribution is 0.174. The normalized spacial score (nSPS) is 12.7. The van der Waals surface area contributed by atoms with Crippen LogP contribution in [0.1, 0.15) is 17.4 Å². The predicted molar refractivity (Wildman–Crippen MR) is 91.6 cm³/mol. The monoisotopic (exact) mass is 327 g/mol. The first-order valence-electron chi connectivity index (χ1n) is 7.69. The molecule has 0 saturated carbocycles. The highest BCUT2D eigenvalue weighted by Crippen LogP contribution is 2.32. The first kappa shape index (κ1) is 14.3. The molecule has 0 unspecified atom stereocenters. The van der Waals surface area contributed by atoms with Crippen LogP contribution < -0.4 is 14.8 Å². The highest BCUT2D eigenvalue weighted by molar-refractivity contribution is 7.18. The fourth-order valence-corrected chi connectivity index (χ4v) is 3.58. The predicted octanol–water partition coefficient (Wildman–Crippen LogP) is 3.64. The van der Waals surface area contributed by atoms with Crippen molar-refractivity contribution in [3.05, 3.63) is 41.0 Å². The zero-order valence-corrected chi connectivity index (χ0v) is 13.7. The minimum absolute atomic E-state index is 0.313. The maximum absolute atomic E-state index is 5.41. The molecule has 1 aliphatic rings. The van der Waals surface area contributed by atoms with Gasteiger partial charge in [-0.05, 0) is 36.6 Å². The van der Waals surface area contributed by atoms with Gasteiger partial charge in [-0.2, -0.15) is 0 Å². The third kappa shape index (κ3) is 2.82. The number of nitrogens with one attached hydrogen (secondary N) is 1. The second kappa shape index (κ2) is 6.04.